The summed E-state index contributed by atoms with van der Waals surface area (Å²) in [6.07, 6.45) is 5.81. The van der Waals surface area contributed by atoms with Gasteiger partial charge in [0, 0.05) is 72.5 Å². The Kier molecular flexibility index (Phi) is 13.8. The third-order valence-corrected chi connectivity index (χ3v) is 17.9. The summed E-state index contributed by atoms with van der Waals surface area (Å²) in [7, 11) is 0. The van der Waals surface area contributed by atoms with E-state index in [2.05, 4.69) is 347 Å². The fourth-order valence-electron chi connectivity index (χ4n) is 13.7. The summed E-state index contributed by atoms with van der Waals surface area (Å²) < 4.78 is 0. The molecule has 0 amide bonds. The summed E-state index contributed by atoms with van der Waals surface area (Å²) in [5, 5.41) is 9.68. The van der Waals surface area contributed by atoms with Crippen molar-refractivity contribution in [1.82, 2.24) is 0 Å². The van der Waals surface area contributed by atoms with Gasteiger partial charge in [-0.1, -0.05) is 226 Å². The van der Waals surface area contributed by atoms with Gasteiger partial charge in [0.05, 0.1) is 22.7 Å². The van der Waals surface area contributed by atoms with Crippen molar-refractivity contribution in [1.29, 1.82) is 0 Å². The zero-order valence-corrected chi connectivity index (χ0v) is 48.0. The Morgan fingerprint density at radius 2 is 0.407 bits per heavy atom. The first-order chi connectivity index (χ1) is 42.6. The van der Waals surface area contributed by atoms with Crippen LogP contribution in [0.4, 0.5) is 68.2 Å². The first-order valence-electron chi connectivity index (χ1n) is 30.3. The second-order valence-electron chi connectivity index (χ2n) is 22.8. The standard InChI is InChI=1S/C82H64N4/c1-4-30-66(31-5-1)83(78-38-18-26-60-22-8-12-34-74(60)78)70-50-54-72(55-51-70)85(80-40-20-28-62-24-10-14-36-76(62)80)68-46-42-64(43-47-68)82(58-16-3-17-59-82)65-44-48-69(49-45-65)86(81-41-21-29-63-25-11-15-37-77(63)81)73-56-52-71(53-57-73)84(67-32-6-2-7-33-67)79-39-19-27-61-23-9-13-35-75(61)79/h1-2,4-15,18-57H,3,16-17,58-59H2. The molecule has 4 heteroatoms. The molecule has 0 aliphatic heterocycles. The molecule has 86 heavy (non-hydrogen) atoms. The zero-order chi connectivity index (χ0) is 57.2. The van der Waals surface area contributed by atoms with Crippen LogP contribution in [0.25, 0.3) is 43.1 Å². The lowest BCUT2D eigenvalue weighted by Crippen LogP contribution is -2.30. The van der Waals surface area contributed by atoms with Crippen LogP contribution < -0.4 is 19.6 Å². The van der Waals surface area contributed by atoms with E-state index in [1.54, 1.807) is 0 Å². The Balaban J connectivity index is 0.796. The van der Waals surface area contributed by atoms with Gasteiger partial charge in [0.25, 0.3) is 0 Å². The molecule has 1 saturated carbocycles. The normalized spacial score (nSPS) is 13.0. The minimum Gasteiger partial charge on any atom is -0.310 e. The molecule has 0 N–H and O–H groups in total. The smallest absolute Gasteiger partial charge is 0.0540 e. The van der Waals surface area contributed by atoms with Crippen LogP contribution >= 0.6 is 0 Å². The van der Waals surface area contributed by atoms with E-state index in [-0.39, 0.29) is 5.41 Å². The summed E-state index contributed by atoms with van der Waals surface area (Å²) >= 11 is 0. The highest BCUT2D eigenvalue weighted by Gasteiger charge is 2.36. The Hall–Kier alpha value is -10.7. The minimum absolute atomic E-state index is 0.141. The van der Waals surface area contributed by atoms with Crippen molar-refractivity contribution in [3.05, 3.63) is 339 Å². The van der Waals surface area contributed by atoms with Crippen molar-refractivity contribution in [2.24, 2.45) is 0 Å². The van der Waals surface area contributed by atoms with Crippen LogP contribution in [0.2, 0.25) is 0 Å². The fraction of sp³-hybridized carbons (Fsp3) is 0.0732. The van der Waals surface area contributed by atoms with Crippen LogP contribution in [0.5, 0.6) is 0 Å². The fourth-order valence-corrected chi connectivity index (χ4v) is 13.7. The first kappa shape index (κ1) is 52.1. The maximum atomic E-state index is 2.44. The Bertz CT molecular complexity index is 4350. The van der Waals surface area contributed by atoms with E-state index < -0.39 is 0 Å². The second-order valence-corrected chi connectivity index (χ2v) is 22.8. The number of fused-ring (bicyclic) bond motifs is 4. The average molecular weight is 1110 g/mol. The number of benzene rings is 14. The van der Waals surface area contributed by atoms with Gasteiger partial charge in [-0.05, 0) is 167 Å². The monoisotopic (exact) mass is 1100 g/mol. The van der Waals surface area contributed by atoms with Gasteiger partial charge in [0.2, 0.25) is 0 Å². The van der Waals surface area contributed by atoms with Gasteiger partial charge in [-0.25, -0.2) is 0 Å². The predicted octanol–water partition coefficient (Wildman–Crippen LogP) is 23.4. The molecule has 412 valence electrons. The first-order valence-corrected chi connectivity index (χ1v) is 30.3. The average Bonchev–Trinajstić information content (AvgIpc) is 2.06. The molecule has 15 rings (SSSR count). The number of hydrogen-bond donors (Lipinski definition) is 0. The quantitative estimate of drug-likeness (QED) is 0.108. The number of nitrogens with zero attached hydrogens (tertiary/aromatic N) is 4. The molecule has 0 spiro atoms. The van der Waals surface area contributed by atoms with Gasteiger partial charge in [-0.15, -0.1) is 0 Å². The number of rotatable bonds is 14. The molecule has 0 unspecified atom stereocenters. The molecule has 1 aliphatic carbocycles. The van der Waals surface area contributed by atoms with Gasteiger partial charge in [0.1, 0.15) is 0 Å². The van der Waals surface area contributed by atoms with Gasteiger partial charge in [-0.3, -0.25) is 0 Å². The van der Waals surface area contributed by atoms with Gasteiger partial charge in [0.15, 0.2) is 0 Å². The topological polar surface area (TPSA) is 13.0 Å². The third-order valence-electron chi connectivity index (χ3n) is 17.9. The zero-order valence-electron chi connectivity index (χ0n) is 48.0. The molecule has 0 bridgehead atoms. The lowest BCUT2D eigenvalue weighted by molar-refractivity contribution is 0.346. The van der Waals surface area contributed by atoms with E-state index in [1.165, 1.54) is 73.5 Å². The summed E-state index contributed by atoms with van der Waals surface area (Å²) in [5.74, 6) is 0. The van der Waals surface area contributed by atoms with Crippen molar-refractivity contribution >= 4 is 111 Å². The maximum Gasteiger partial charge on any atom is 0.0540 e. The maximum absolute atomic E-state index is 2.44. The minimum atomic E-state index is -0.141. The number of para-hydroxylation sites is 2. The summed E-state index contributed by atoms with van der Waals surface area (Å²) in [6, 6.07) is 120. The molecule has 0 atom stereocenters. The van der Waals surface area contributed by atoms with E-state index in [0.29, 0.717) is 0 Å². The summed E-state index contributed by atoms with van der Waals surface area (Å²) in [4.78, 5) is 9.65. The van der Waals surface area contributed by atoms with Crippen molar-refractivity contribution in [3.8, 4) is 0 Å². The Labute approximate surface area is 504 Å². The Morgan fingerprint density at radius 3 is 0.686 bits per heavy atom. The predicted molar refractivity (Wildman–Crippen MR) is 366 cm³/mol. The lowest BCUT2D eigenvalue weighted by Gasteiger charge is -2.39. The van der Waals surface area contributed by atoms with Crippen LogP contribution in [0.15, 0.2) is 328 Å². The van der Waals surface area contributed by atoms with Crippen molar-refractivity contribution < 1.29 is 0 Å². The SMILES string of the molecule is c1ccc(N(c2ccc(N(c3ccc(C4(c5ccc(N(c6ccc(N(c7ccccc7)c7cccc8ccccc78)cc6)c6cccc7ccccc67)cc5)CCCCC4)cc3)c3cccc4ccccc34)cc2)c2cccc3ccccc23)cc1. The van der Waals surface area contributed by atoms with Crippen molar-refractivity contribution in [3.63, 3.8) is 0 Å². The van der Waals surface area contributed by atoms with Crippen LogP contribution in [-0.2, 0) is 5.41 Å². The molecule has 0 aromatic heterocycles. The van der Waals surface area contributed by atoms with Crippen LogP contribution in [0.3, 0.4) is 0 Å². The molecule has 0 saturated heterocycles. The molecular formula is C82H64N4. The van der Waals surface area contributed by atoms with E-state index in [0.717, 1.165) is 81.1 Å². The molecule has 1 fully saturated rings. The van der Waals surface area contributed by atoms with Crippen LogP contribution in [0.1, 0.15) is 43.2 Å². The number of anilines is 12. The summed E-state index contributed by atoms with van der Waals surface area (Å²) in [6.45, 7) is 0. The van der Waals surface area contributed by atoms with E-state index >= 15 is 0 Å². The van der Waals surface area contributed by atoms with Gasteiger partial charge < -0.3 is 19.6 Å². The Morgan fingerprint density at radius 1 is 0.186 bits per heavy atom. The van der Waals surface area contributed by atoms with Crippen molar-refractivity contribution in [2.75, 3.05) is 19.6 Å². The molecular weight excluding hydrogens is 1040 g/mol. The highest BCUT2D eigenvalue weighted by Crippen LogP contribution is 2.50. The summed E-state index contributed by atoms with van der Waals surface area (Å²) in [5.41, 5.74) is 16.0. The largest absolute Gasteiger partial charge is 0.310 e. The lowest BCUT2D eigenvalue weighted by atomic mass is 9.65. The molecule has 14 aromatic carbocycles. The third kappa shape index (κ3) is 9.65. The molecule has 4 nitrogen and oxygen atoms in total. The highest BCUT2D eigenvalue weighted by atomic mass is 15.2. The van der Waals surface area contributed by atoms with Crippen molar-refractivity contribution in [2.45, 2.75) is 37.5 Å². The van der Waals surface area contributed by atoms with Crippen LogP contribution in [0, 0.1) is 0 Å². The highest BCUT2D eigenvalue weighted by molar-refractivity contribution is 6.03. The van der Waals surface area contributed by atoms with Crippen LogP contribution in [-0.4, -0.2) is 0 Å². The van der Waals surface area contributed by atoms with Gasteiger partial charge >= 0.3 is 0 Å². The van der Waals surface area contributed by atoms with E-state index in [4.69, 9.17) is 0 Å². The van der Waals surface area contributed by atoms with E-state index in [9.17, 15) is 0 Å². The molecule has 1 aliphatic rings. The molecule has 14 aromatic rings. The second kappa shape index (κ2) is 22.8. The molecule has 0 radical (unpaired) electrons. The molecule has 0 heterocycles. The van der Waals surface area contributed by atoms with E-state index in [1.807, 2.05) is 0 Å². The van der Waals surface area contributed by atoms with Gasteiger partial charge in [-0.2, -0.15) is 0 Å². The number of hydrogen-bond acceptors (Lipinski definition) is 4.